The average molecular weight is 450 g/mol. The number of rotatable bonds is 10. The number of likely N-dealkylation sites (N-methyl/N-ethyl adjacent to an activating group) is 1. The van der Waals surface area contributed by atoms with Crippen molar-refractivity contribution < 1.29 is 17.7 Å². The smallest absolute Gasteiger partial charge is 0.228 e. The molecule has 2 aromatic carbocycles. The van der Waals surface area contributed by atoms with Gasteiger partial charge in [0.1, 0.15) is 5.75 Å². The fourth-order valence-corrected chi connectivity index (χ4v) is 3.66. The van der Waals surface area contributed by atoms with Crippen molar-refractivity contribution in [3.63, 3.8) is 0 Å². The van der Waals surface area contributed by atoms with Crippen molar-refractivity contribution in [2.75, 3.05) is 33.0 Å². The Bertz CT molecular complexity index is 1090. The Morgan fingerprint density at radius 3 is 2.70 bits per heavy atom. The van der Waals surface area contributed by atoms with Gasteiger partial charge in [0.25, 0.3) is 0 Å². The van der Waals surface area contributed by atoms with Gasteiger partial charge in [-0.25, -0.2) is 8.42 Å². The Morgan fingerprint density at radius 1 is 1.13 bits per heavy atom. The lowest BCUT2D eigenvalue weighted by Gasteiger charge is -2.15. The molecule has 1 aromatic heterocycles. The Labute approximate surface area is 181 Å². The molecule has 9 heteroatoms. The first kappa shape index (κ1) is 22.3. The molecule has 0 radical (unpaired) electrons. The molecule has 3 aromatic rings. The van der Waals surface area contributed by atoms with E-state index in [0.717, 1.165) is 25.1 Å². The molecule has 1 heterocycles. The Morgan fingerprint density at radius 2 is 1.93 bits per heavy atom. The lowest BCUT2D eigenvalue weighted by atomic mass is 10.2. The number of nitrogens with zero attached hydrogens (tertiary/aromatic N) is 3. The SMILES string of the molecule is CN(CCCOc1cccc(S(C)(=O)=O)c1)CCc1nc(-c2cccc(Cl)c2)no1. The maximum Gasteiger partial charge on any atom is 0.228 e. The maximum atomic E-state index is 11.6. The van der Waals surface area contributed by atoms with Gasteiger partial charge in [0.2, 0.25) is 11.7 Å². The second-order valence-corrected chi connectivity index (χ2v) is 9.48. The van der Waals surface area contributed by atoms with Gasteiger partial charge in [0, 0.05) is 36.4 Å². The third kappa shape index (κ3) is 6.55. The summed E-state index contributed by atoms with van der Waals surface area (Å²) < 4.78 is 34.2. The molecule has 0 aliphatic rings. The second-order valence-electron chi connectivity index (χ2n) is 7.02. The van der Waals surface area contributed by atoms with E-state index in [4.69, 9.17) is 20.9 Å². The molecule has 160 valence electrons. The summed E-state index contributed by atoms with van der Waals surface area (Å²) in [5, 5.41) is 4.64. The largest absolute Gasteiger partial charge is 0.494 e. The minimum atomic E-state index is -3.24. The van der Waals surface area contributed by atoms with Crippen LogP contribution in [0.1, 0.15) is 12.3 Å². The molecule has 0 aliphatic heterocycles. The first-order chi connectivity index (χ1) is 14.3. The number of sulfone groups is 1. The van der Waals surface area contributed by atoms with Gasteiger partial charge in [0.15, 0.2) is 9.84 Å². The lowest BCUT2D eigenvalue weighted by Crippen LogP contribution is -2.23. The second kappa shape index (κ2) is 10.1. The first-order valence-corrected chi connectivity index (χ1v) is 11.8. The van der Waals surface area contributed by atoms with E-state index in [2.05, 4.69) is 15.0 Å². The summed E-state index contributed by atoms with van der Waals surface area (Å²) in [7, 11) is -1.22. The molecule has 7 nitrogen and oxygen atoms in total. The fourth-order valence-electron chi connectivity index (χ4n) is 2.82. The van der Waals surface area contributed by atoms with Crippen molar-refractivity contribution in [2.45, 2.75) is 17.7 Å². The predicted molar refractivity (Wildman–Crippen MR) is 116 cm³/mol. The zero-order valence-electron chi connectivity index (χ0n) is 16.9. The zero-order valence-corrected chi connectivity index (χ0v) is 18.5. The molecular formula is C21H24ClN3O4S. The summed E-state index contributed by atoms with van der Waals surface area (Å²) >= 11 is 6.00. The summed E-state index contributed by atoms with van der Waals surface area (Å²) in [4.78, 5) is 6.83. The molecule has 0 bridgehead atoms. The summed E-state index contributed by atoms with van der Waals surface area (Å²) in [6.45, 7) is 2.08. The van der Waals surface area contributed by atoms with E-state index in [9.17, 15) is 8.42 Å². The van der Waals surface area contributed by atoms with Crippen molar-refractivity contribution in [3.05, 3.63) is 59.4 Å². The normalized spacial score (nSPS) is 11.7. The van der Waals surface area contributed by atoms with E-state index in [-0.39, 0.29) is 4.90 Å². The van der Waals surface area contributed by atoms with E-state index in [0.29, 0.717) is 35.5 Å². The van der Waals surface area contributed by atoms with E-state index >= 15 is 0 Å². The molecule has 30 heavy (non-hydrogen) atoms. The standard InChI is InChI=1S/C21H24ClN3O4S/c1-25(11-5-13-28-18-8-4-9-19(15-18)30(2,26)27)12-10-20-23-21(24-29-20)16-6-3-7-17(22)14-16/h3-4,6-9,14-15H,5,10-13H2,1-2H3. The van der Waals surface area contributed by atoms with E-state index in [1.54, 1.807) is 36.4 Å². The molecular weight excluding hydrogens is 426 g/mol. The molecule has 0 aliphatic carbocycles. The van der Waals surface area contributed by atoms with Crippen LogP contribution < -0.4 is 4.74 Å². The van der Waals surface area contributed by atoms with Crippen molar-refractivity contribution in [1.82, 2.24) is 15.0 Å². The van der Waals surface area contributed by atoms with Crippen LogP contribution >= 0.6 is 11.6 Å². The molecule has 0 spiro atoms. The van der Waals surface area contributed by atoms with Crippen LogP contribution in [0.5, 0.6) is 5.75 Å². The van der Waals surface area contributed by atoms with Gasteiger partial charge in [-0.3, -0.25) is 0 Å². The average Bonchev–Trinajstić information content (AvgIpc) is 3.18. The number of ether oxygens (including phenoxy) is 1. The van der Waals surface area contributed by atoms with Crippen molar-refractivity contribution >= 4 is 21.4 Å². The van der Waals surface area contributed by atoms with Crippen LogP contribution in [-0.4, -0.2) is 56.5 Å². The summed E-state index contributed by atoms with van der Waals surface area (Å²) in [5.41, 5.74) is 0.822. The quantitative estimate of drug-likeness (QED) is 0.436. The Balaban J connectivity index is 1.40. The molecule has 0 atom stereocenters. The van der Waals surface area contributed by atoms with Gasteiger partial charge in [0.05, 0.1) is 11.5 Å². The van der Waals surface area contributed by atoms with Gasteiger partial charge in [-0.1, -0.05) is 35.0 Å². The van der Waals surface area contributed by atoms with Crippen LogP contribution in [0, 0.1) is 0 Å². The number of benzene rings is 2. The maximum absolute atomic E-state index is 11.6. The van der Waals surface area contributed by atoms with Crippen LogP contribution in [0.4, 0.5) is 0 Å². The summed E-state index contributed by atoms with van der Waals surface area (Å²) in [5.74, 6) is 1.66. The highest BCUT2D eigenvalue weighted by Crippen LogP contribution is 2.20. The number of hydrogen-bond donors (Lipinski definition) is 0. The van der Waals surface area contributed by atoms with E-state index in [1.165, 1.54) is 6.26 Å². The molecule has 0 saturated heterocycles. The third-order valence-electron chi connectivity index (χ3n) is 4.44. The minimum Gasteiger partial charge on any atom is -0.494 e. The van der Waals surface area contributed by atoms with Gasteiger partial charge < -0.3 is 14.2 Å². The number of aromatic nitrogens is 2. The Hall–Kier alpha value is -2.42. The highest BCUT2D eigenvalue weighted by molar-refractivity contribution is 7.90. The lowest BCUT2D eigenvalue weighted by molar-refractivity contribution is 0.257. The predicted octanol–water partition coefficient (Wildman–Crippen LogP) is 3.74. The van der Waals surface area contributed by atoms with E-state index < -0.39 is 9.84 Å². The molecule has 0 fully saturated rings. The van der Waals surface area contributed by atoms with Crippen LogP contribution in [0.3, 0.4) is 0 Å². The minimum absolute atomic E-state index is 0.258. The number of halogens is 1. The summed E-state index contributed by atoms with van der Waals surface area (Å²) in [6, 6.07) is 13.9. The molecule has 0 unspecified atom stereocenters. The third-order valence-corrected chi connectivity index (χ3v) is 5.79. The highest BCUT2D eigenvalue weighted by atomic mass is 35.5. The van der Waals surface area contributed by atoms with E-state index in [1.807, 2.05) is 19.2 Å². The van der Waals surface area contributed by atoms with Gasteiger partial charge in [-0.15, -0.1) is 0 Å². The number of hydrogen-bond acceptors (Lipinski definition) is 7. The fraction of sp³-hybridized carbons (Fsp3) is 0.333. The molecule has 3 rings (SSSR count). The molecule has 0 saturated carbocycles. The van der Waals surface area contributed by atoms with Gasteiger partial charge in [-0.05, 0) is 43.8 Å². The molecule has 0 N–H and O–H groups in total. The summed E-state index contributed by atoms with van der Waals surface area (Å²) in [6.07, 6.45) is 2.63. The van der Waals surface area contributed by atoms with Gasteiger partial charge in [-0.2, -0.15) is 4.98 Å². The van der Waals surface area contributed by atoms with Crippen LogP contribution in [0.15, 0.2) is 57.9 Å². The van der Waals surface area contributed by atoms with Gasteiger partial charge >= 0.3 is 0 Å². The first-order valence-electron chi connectivity index (χ1n) is 9.51. The van der Waals surface area contributed by atoms with Crippen molar-refractivity contribution in [1.29, 1.82) is 0 Å². The van der Waals surface area contributed by atoms with Crippen LogP contribution in [0.2, 0.25) is 5.02 Å². The zero-order chi connectivity index (χ0) is 21.6. The highest BCUT2D eigenvalue weighted by Gasteiger charge is 2.10. The Kier molecular flexibility index (Phi) is 7.47. The van der Waals surface area contributed by atoms with Crippen LogP contribution in [0.25, 0.3) is 11.4 Å². The van der Waals surface area contributed by atoms with Crippen molar-refractivity contribution in [3.8, 4) is 17.1 Å². The molecule has 0 amide bonds. The topological polar surface area (TPSA) is 85.5 Å². The van der Waals surface area contributed by atoms with Crippen LogP contribution in [-0.2, 0) is 16.3 Å². The van der Waals surface area contributed by atoms with Crippen molar-refractivity contribution in [2.24, 2.45) is 0 Å². The monoisotopic (exact) mass is 449 g/mol.